The van der Waals surface area contributed by atoms with Crippen LogP contribution in [-0.4, -0.2) is 25.2 Å². The fourth-order valence-electron chi connectivity index (χ4n) is 3.69. The quantitative estimate of drug-likeness (QED) is 0.122. The molecule has 0 saturated heterocycles. The van der Waals surface area contributed by atoms with E-state index in [2.05, 4.69) is 34.6 Å². The molecule has 0 aromatic carbocycles. The lowest BCUT2D eigenvalue weighted by atomic mass is 9.99. The standard InChI is InChI=1S/C28H54O4/c1-24(2)19-21-31-27(29)18-16-14-12-10-8-6-7-9-11-13-15-17-26(5)23-28(30)32-22-20-25(3)4/h24-26H,6-23H2,1-5H3. The SMILES string of the molecule is CC(C)CCOC(=O)CCCCCCCCCCCCCC(C)CC(=O)OCCC(C)C. The molecule has 0 rings (SSSR count). The number of ether oxygens (including phenoxy) is 2. The summed E-state index contributed by atoms with van der Waals surface area (Å²) in [6.45, 7) is 11.9. The second kappa shape index (κ2) is 21.8. The monoisotopic (exact) mass is 454 g/mol. The molecule has 0 aromatic rings. The normalized spacial score (nSPS) is 12.3. The molecule has 0 radical (unpaired) electrons. The molecule has 32 heavy (non-hydrogen) atoms. The van der Waals surface area contributed by atoms with Gasteiger partial charge in [-0.2, -0.15) is 0 Å². The number of unbranched alkanes of at least 4 members (excludes halogenated alkanes) is 10. The Morgan fingerprint density at radius 1 is 0.531 bits per heavy atom. The summed E-state index contributed by atoms with van der Waals surface area (Å²) in [5.74, 6) is 1.56. The fraction of sp³-hybridized carbons (Fsp3) is 0.929. The van der Waals surface area contributed by atoms with E-state index in [4.69, 9.17) is 9.47 Å². The van der Waals surface area contributed by atoms with Crippen LogP contribution in [0.25, 0.3) is 0 Å². The van der Waals surface area contributed by atoms with Gasteiger partial charge in [0.1, 0.15) is 0 Å². The van der Waals surface area contributed by atoms with Crippen molar-refractivity contribution in [2.45, 2.75) is 137 Å². The lowest BCUT2D eigenvalue weighted by molar-refractivity contribution is -0.145. The third kappa shape index (κ3) is 23.6. The number of esters is 2. The predicted octanol–water partition coefficient (Wildman–Crippen LogP) is 8.26. The Morgan fingerprint density at radius 3 is 1.41 bits per heavy atom. The molecule has 1 unspecified atom stereocenters. The van der Waals surface area contributed by atoms with Crippen LogP contribution in [0.4, 0.5) is 0 Å². The maximum atomic E-state index is 11.8. The molecule has 190 valence electrons. The Morgan fingerprint density at radius 2 is 0.938 bits per heavy atom. The molecule has 0 spiro atoms. The highest BCUT2D eigenvalue weighted by atomic mass is 16.5. The predicted molar refractivity (Wildman–Crippen MR) is 135 cm³/mol. The van der Waals surface area contributed by atoms with Crippen LogP contribution in [0.3, 0.4) is 0 Å². The molecule has 4 nitrogen and oxygen atoms in total. The highest BCUT2D eigenvalue weighted by Crippen LogP contribution is 2.17. The molecule has 0 saturated carbocycles. The second-order valence-corrected chi connectivity index (χ2v) is 10.5. The molecule has 0 N–H and O–H groups in total. The third-order valence-electron chi connectivity index (χ3n) is 6.01. The Labute approximate surface area is 199 Å². The van der Waals surface area contributed by atoms with Gasteiger partial charge >= 0.3 is 11.9 Å². The van der Waals surface area contributed by atoms with Crippen molar-refractivity contribution in [3.8, 4) is 0 Å². The van der Waals surface area contributed by atoms with E-state index in [1.54, 1.807) is 0 Å². The van der Waals surface area contributed by atoms with Crippen molar-refractivity contribution in [3.63, 3.8) is 0 Å². The minimum Gasteiger partial charge on any atom is -0.466 e. The van der Waals surface area contributed by atoms with E-state index in [1.165, 1.54) is 57.8 Å². The van der Waals surface area contributed by atoms with Gasteiger partial charge in [0.2, 0.25) is 0 Å². The van der Waals surface area contributed by atoms with Gasteiger partial charge in [-0.05, 0) is 37.0 Å². The van der Waals surface area contributed by atoms with Crippen molar-refractivity contribution < 1.29 is 19.1 Å². The molecule has 0 aromatic heterocycles. The van der Waals surface area contributed by atoms with E-state index in [-0.39, 0.29) is 11.9 Å². The second-order valence-electron chi connectivity index (χ2n) is 10.5. The maximum Gasteiger partial charge on any atom is 0.306 e. The van der Waals surface area contributed by atoms with Gasteiger partial charge in [0.05, 0.1) is 13.2 Å². The minimum atomic E-state index is -0.0280. The van der Waals surface area contributed by atoms with Gasteiger partial charge in [0.15, 0.2) is 0 Å². The van der Waals surface area contributed by atoms with Crippen LogP contribution >= 0.6 is 0 Å². The summed E-state index contributed by atoms with van der Waals surface area (Å²) in [4.78, 5) is 23.4. The van der Waals surface area contributed by atoms with Crippen LogP contribution < -0.4 is 0 Å². The average Bonchev–Trinajstić information content (AvgIpc) is 2.70. The van der Waals surface area contributed by atoms with E-state index < -0.39 is 0 Å². The number of carbonyl (C=O) groups excluding carboxylic acids is 2. The topological polar surface area (TPSA) is 52.6 Å². The van der Waals surface area contributed by atoms with Crippen LogP contribution in [0, 0.1) is 17.8 Å². The lowest BCUT2D eigenvalue weighted by Gasteiger charge is -2.11. The molecule has 4 heteroatoms. The first-order chi connectivity index (χ1) is 15.3. The van der Waals surface area contributed by atoms with Crippen molar-refractivity contribution in [2.75, 3.05) is 13.2 Å². The summed E-state index contributed by atoms with van der Waals surface area (Å²) < 4.78 is 10.6. The molecule has 0 fully saturated rings. The number of hydrogen-bond acceptors (Lipinski definition) is 4. The molecule has 0 aliphatic heterocycles. The molecule has 0 bridgehead atoms. The molecule has 0 aliphatic rings. The highest BCUT2D eigenvalue weighted by molar-refractivity contribution is 5.69. The summed E-state index contributed by atoms with van der Waals surface area (Å²) >= 11 is 0. The van der Waals surface area contributed by atoms with Crippen molar-refractivity contribution >= 4 is 11.9 Å². The number of carbonyl (C=O) groups is 2. The van der Waals surface area contributed by atoms with Gasteiger partial charge in [-0.3, -0.25) is 9.59 Å². The highest BCUT2D eigenvalue weighted by Gasteiger charge is 2.10. The van der Waals surface area contributed by atoms with Gasteiger partial charge in [0.25, 0.3) is 0 Å². The zero-order valence-corrected chi connectivity index (χ0v) is 22.1. The molecule has 0 amide bonds. The largest absolute Gasteiger partial charge is 0.466 e. The van der Waals surface area contributed by atoms with Gasteiger partial charge in [-0.1, -0.05) is 105 Å². The van der Waals surface area contributed by atoms with E-state index in [9.17, 15) is 9.59 Å². The number of rotatable bonds is 22. The van der Waals surface area contributed by atoms with E-state index in [1.807, 2.05) is 0 Å². The summed E-state index contributed by atoms with van der Waals surface area (Å²) in [6.07, 6.45) is 17.9. The Bertz CT molecular complexity index is 445. The summed E-state index contributed by atoms with van der Waals surface area (Å²) in [5, 5.41) is 0. The van der Waals surface area contributed by atoms with Crippen LogP contribution in [0.15, 0.2) is 0 Å². The lowest BCUT2D eigenvalue weighted by Crippen LogP contribution is -2.11. The third-order valence-corrected chi connectivity index (χ3v) is 6.01. The average molecular weight is 455 g/mol. The van der Waals surface area contributed by atoms with Crippen molar-refractivity contribution in [1.29, 1.82) is 0 Å². The van der Waals surface area contributed by atoms with Gasteiger partial charge in [0, 0.05) is 12.8 Å². The summed E-state index contributed by atoms with van der Waals surface area (Å²) in [7, 11) is 0. The first-order valence-electron chi connectivity index (χ1n) is 13.6. The van der Waals surface area contributed by atoms with Crippen molar-refractivity contribution in [1.82, 2.24) is 0 Å². The molecular formula is C28H54O4. The molecule has 1 atom stereocenters. The smallest absolute Gasteiger partial charge is 0.306 e. The van der Waals surface area contributed by atoms with Crippen LogP contribution in [0.5, 0.6) is 0 Å². The molecular weight excluding hydrogens is 400 g/mol. The van der Waals surface area contributed by atoms with E-state index in [0.717, 1.165) is 32.1 Å². The zero-order valence-electron chi connectivity index (χ0n) is 22.1. The molecule has 0 heterocycles. The Kier molecular flexibility index (Phi) is 21.0. The van der Waals surface area contributed by atoms with E-state index in [0.29, 0.717) is 43.8 Å². The number of hydrogen-bond donors (Lipinski definition) is 0. The summed E-state index contributed by atoms with van der Waals surface area (Å²) in [5.41, 5.74) is 0. The fourth-order valence-corrected chi connectivity index (χ4v) is 3.69. The van der Waals surface area contributed by atoms with Crippen LogP contribution in [0.1, 0.15) is 137 Å². The van der Waals surface area contributed by atoms with Gasteiger partial charge in [-0.25, -0.2) is 0 Å². The van der Waals surface area contributed by atoms with Crippen molar-refractivity contribution in [2.24, 2.45) is 17.8 Å². The maximum absolute atomic E-state index is 11.8. The zero-order chi connectivity index (χ0) is 24.0. The summed E-state index contributed by atoms with van der Waals surface area (Å²) in [6, 6.07) is 0. The van der Waals surface area contributed by atoms with E-state index >= 15 is 0 Å². The first-order valence-corrected chi connectivity index (χ1v) is 13.6. The van der Waals surface area contributed by atoms with Gasteiger partial charge < -0.3 is 9.47 Å². The van der Waals surface area contributed by atoms with Crippen LogP contribution in [0.2, 0.25) is 0 Å². The van der Waals surface area contributed by atoms with Crippen molar-refractivity contribution in [3.05, 3.63) is 0 Å². The minimum absolute atomic E-state index is 0.0263. The first kappa shape index (κ1) is 30.9. The van der Waals surface area contributed by atoms with Crippen LogP contribution in [-0.2, 0) is 19.1 Å². The Balaban J connectivity index is 3.32. The molecule has 0 aliphatic carbocycles. The van der Waals surface area contributed by atoms with Gasteiger partial charge in [-0.15, -0.1) is 0 Å². The Hall–Kier alpha value is -1.06.